The predicted octanol–water partition coefficient (Wildman–Crippen LogP) is 4.08. The fourth-order valence-electron chi connectivity index (χ4n) is 2.53. The van der Waals surface area contributed by atoms with Crippen molar-refractivity contribution in [3.05, 3.63) is 70.3 Å². The molecule has 0 fully saturated rings. The first-order valence-corrected chi connectivity index (χ1v) is 6.24. The summed E-state index contributed by atoms with van der Waals surface area (Å²) in [5.41, 5.74) is 7.39. The highest BCUT2D eigenvalue weighted by Gasteiger charge is 2.11. The van der Waals surface area contributed by atoms with Crippen molar-refractivity contribution in [2.75, 3.05) is 7.05 Å². The molecule has 0 amide bonds. The van der Waals surface area contributed by atoms with E-state index in [4.69, 9.17) is 0 Å². The summed E-state index contributed by atoms with van der Waals surface area (Å²) in [5, 5.41) is 0. The Morgan fingerprint density at radius 3 is 1.94 bits per heavy atom. The summed E-state index contributed by atoms with van der Waals surface area (Å²) >= 11 is 0. The Bertz CT molecular complexity index is 557. The molecule has 2 aromatic carbocycles. The molecule has 0 radical (unpaired) electrons. The Kier molecular flexibility index (Phi) is 3.61. The maximum absolute atomic E-state index is 4.50. The van der Waals surface area contributed by atoms with Crippen molar-refractivity contribution < 1.29 is 0 Å². The van der Waals surface area contributed by atoms with Gasteiger partial charge >= 0.3 is 0 Å². The number of hydrogen-bond donors (Lipinski definition) is 0. The van der Waals surface area contributed by atoms with Crippen LogP contribution >= 0.6 is 0 Å². The van der Waals surface area contributed by atoms with Crippen LogP contribution in [0.1, 0.15) is 27.8 Å². The molecule has 0 heterocycles. The van der Waals surface area contributed by atoms with E-state index in [0.29, 0.717) is 0 Å². The molecule has 0 aliphatic carbocycles. The van der Waals surface area contributed by atoms with Crippen LogP contribution in [0.3, 0.4) is 0 Å². The Labute approximate surface area is 109 Å². The normalized spacial score (nSPS) is 11.7. The third-order valence-electron chi connectivity index (χ3n) is 3.18. The van der Waals surface area contributed by atoms with Gasteiger partial charge < -0.3 is 0 Å². The lowest BCUT2D eigenvalue weighted by molar-refractivity contribution is 1.28. The van der Waals surface area contributed by atoms with Gasteiger partial charge in [0.25, 0.3) is 0 Å². The van der Waals surface area contributed by atoms with Gasteiger partial charge in [-0.15, -0.1) is 0 Å². The molecule has 0 bridgehead atoms. The summed E-state index contributed by atoms with van der Waals surface area (Å²) in [6, 6.07) is 14.8. The second-order valence-corrected chi connectivity index (χ2v) is 4.71. The Morgan fingerprint density at radius 1 is 0.889 bits per heavy atom. The topological polar surface area (TPSA) is 12.4 Å². The quantitative estimate of drug-likeness (QED) is 0.698. The maximum atomic E-state index is 4.50. The van der Waals surface area contributed by atoms with Crippen molar-refractivity contribution in [2.45, 2.75) is 20.8 Å². The van der Waals surface area contributed by atoms with Crippen LogP contribution in [-0.4, -0.2) is 12.8 Å². The molecule has 0 aromatic heterocycles. The molecule has 0 aliphatic heterocycles. The van der Waals surface area contributed by atoms with E-state index >= 15 is 0 Å². The highest BCUT2D eigenvalue weighted by molar-refractivity contribution is 6.14. The first-order valence-electron chi connectivity index (χ1n) is 6.24. The number of nitrogens with zero attached hydrogens (tertiary/aromatic N) is 1. The molecule has 0 atom stereocenters. The van der Waals surface area contributed by atoms with E-state index in [1.807, 2.05) is 13.1 Å². The minimum Gasteiger partial charge on any atom is -0.287 e. The zero-order chi connectivity index (χ0) is 13.1. The van der Waals surface area contributed by atoms with Crippen LogP contribution < -0.4 is 0 Å². The molecule has 2 aromatic rings. The van der Waals surface area contributed by atoms with Gasteiger partial charge in [0, 0.05) is 18.2 Å². The number of benzene rings is 2. The standard InChI is InChI=1S/C17H19N/c1-12-10-13(2)16(14(3)11-12)17(18-4)15-8-6-5-7-9-15/h5-11H,1-4H3. The number of hydrogen-bond acceptors (Lipinski definition) is 1. The van der Waals surface area contributed by atoms with Gasteiger partial charge in [0.1, 0.15) is 0 Å². The zero-order valence-electron chi connectivity index (χ0n) is 11.5. The van der Waals surface area contributed by atoms with Crippen LogP contribution in [0.15, 0.2) is 47.5 Å². The second-order valence-electron chi connectivity index (χ2n) is 4.71. The van der Waals surface area contributed by atoms with Gasteiger partial charge in [0.05, 0.1) is 5.71 Å². The molecule has 0 N–H and O–H groups in total. The van der Waals surface area contributed by atoms with E-state index in [1.54, 1.807) is 0 Å². The van der Waals surface area contributed by atoms with Crippen LogP contribution in [0.4, 0.5) is 0 Å². The largest absolute Gasteiger partial charge is 0.287 e. The minimum atomic E-state index is 1.07. The van der Waals surface area contributed by atoms with E-state index in [-0.39, 0.29) is 0 Å². The Balaban J connectivity index is 2.61. The highest BCUT2D eigenvalue weighted by Crippen LogP contribution is 2.20. The molecule has 2 rings (SSSR count). The fraction of sp³-hybridized carbons (Fsp3) is 0.235. The van der Waals surface area contributed by atoms with E-state index in [9.17, 15) is 0 Å². The first kappa shape index (κ1) is 12.6. The van der Waals surface area contributed by atoms with E-state index in [2.05, 4.69) is 62.2 Å². The molecule has 18 heavy (non-hydrogen) atoms. The van der Waals surface area contributed by atoms with Gasteiger partial charge in [-0.05, 0) is 31.9 Å². The molecule has 0 saturated carbocycles. The first-order chi connectivity index (χ1) is 8.63. The average molecular weight is 237 g/mol. The van der Waals surface area contributed by atoms with Gasteiger partial charge in [-0.2, -0.15) is 0 Å². The third kappa shape index (κ3) is 2.35. The lowest BCUT2D eigenvalue weighted by atomic mass is 9.92. The Hall–Kier alpha value is -1.89. The Morgan fingerprint density at radius 2 is 1.44 bits per heavy atom. The van der Waals surface area contributed by atoms with Crippen LogP contribution in [0.25, 0.3) is 0 Å². The molecular formula is C17H19N. The molecule has 0 unspecified atom stereocenters. The summed E-state index contributed by atoms with van der Waals surface area (Å²) in [4.78, 5) is 4.50. The van der Waals surface area contributed by atoms with Gasteiger partial charge in [-0.25, -0.2) is 0 Å². The highest BCUT2D eigenvalue weighted by atomic mass is 14.7. The molecule has 1 nitrogen and oxygen atoms in total. The van der Waals surface area contributed by atoms with E-state index < -0.39 is 0 Å². The molecule has 0 aliphatic rings. The van der Waals surface area contributed by atoms with Crippen molar-refractivity contribution in [2.24, 2.45) is 4.99 Å². The summed E-state index contributed by atoms with van der Waals surface area (Å²) in [5.74, 6) is 0. The fourth-order valence-corrected chi connectivity index (χ4v) is 2.53. The molecule has 1 heteroatoms. The smallest absolute Gasteiger partial charge is 0.0720 e. The number of aryl methyl sites for hydroxylation is 3. The molecule has 92 valence electrons. The van der Waals surface area contributed by atoms with Crippen LogP contribution in [-0.2, 0) is 0 Å². The predicted molar refractivity (Wildman–Crippen MR) is 78.7 cm³/mol. The van der Waals surface area contributed by atoms with Gasteiger partial charge in [-0.1, -0.05) is 48.0 Å². The average Bonchev–Trinajstić information content (AvgIpc) is 2.34. The van der Waals surface area contributed by atoms with Crippen LogP contribution in [0, 0.1) is 20.8 Å². The summed E-state index contributed by atoms with van der Waals surface area (Å²) < 4.78 is 0. The molecule has 0 saturated heterocycles. The maximum Gasteiger partial charge on any atom is 0.0720 e. The summed E-state index contributed by atoms with van der Waals surface area (Å²) in [6.45, 7) is 6.45. The number of aliphatic imine (C=N–C) groups is 1. The summed E-state index contributed by atoms with van der Waals surface area (Å²) in [7, 11) is 1.86. The van der Waals surface area contributed by atoms with Crippen molar-refractivity contribution in [3.63, 3.8) is 0 Å². The van der Waals surface area contributed by atoms with Crippen molar-refractivity contribution in [3.8, 4) is 0 Å². The lowest BCUT2D eigenvalue weighted by Crippen LogP contribution is -2.08. The van der Waals surface area contributed by atoms with Crippen LogP contribution in [0.5, 0.6) is 0 Å². The lowest BCUT2D eigenvalue weighted by Gasteiger charge is -2.14. The van der Waals surface area contributed by atoms with Gasteiger partial charge in [0.15, 0.2) is 0 Å². The third-order valence-corrected chi connectivity index (χ3v) is 3.18. The van der Waals surface area contributed by atoms with E-state index in [0.717, 1.165) is 5.71 Å². The molecule has 0 spiro atoms. The number of rotatable bonds is 2. The minimum absolute atomic E-state index is 1.07. The van der Waals surface area contributed by atoms with Crippen molar-refractivity contribution >= 4 is 5.71 Å². The van der Waals surface area contributed by atoms with Crippen molar-refractivity contribution in [1.29, 1.82) is 0 Å². The second kappa shape index (κ2) is 5.18. The van der Waals surface area contributed by atoms with E-state index in [1.165, 1.54) is 27.8 Å². The van der Waals surface area contributed by atoms with Crippen LogP contribution in [0.2, 0.25) is 0 Å². The molecular weight excluding hydrogens is 218 g/mol. The summed E-state index contributed by atoms with van der Waals surface area (Å²) in [6.07, 6.45) is 0. The van der Waals surface area contributed by atoms with Gasteiger partial charge in [-0.3, -0.25) is 4.99 Å². The van der Waals surface area contributed by atoms with Crippen molar-refractivity contribution in [1.82, 2.24) is 0 Å². The monoisotopic (exact) mass is 237 g/mol. The zero-order valence-corrected chi connectivity index (χ0v) is 11.5. The SMILES string of the molecule is CN=C(c1ccccc1)c1c(C)cc(C)cc1C. The van der Waals surface area contributed by atoms with Gasteiger partial charge in [0.2, 0.25) is 0 Å².